The first-order chi connectivity index (χ1) is 11.0. The summed E-state index contributed by atoms with van der Waals surface area (Å²) in [6.45, 7) is -2.25. The molecule has 0 spiro atoms. The summed E-state index contributed by atoms with van der Waals surface area (Å²) in [4.78, 5) is 8.52. The molecule has 0 bridgehead atoms. The van der Waals surface area contributed by atoms with Crippen molar-refractivity contribution in [3.05, 3.63) is 60.4 Å². The van der Waals surface area contributed by atoms with Crippen molar-refractivity contribution in [2.24, 2.45) is 0 Å². The van der Waals surface area contributed by atoms with E-state index in [1.807, 2.05) is 36.4 Å². The van der Waals surface area contributed by atoms with E-state index in [1.165, 1.54) is 6.07 Å². The molecule has 3 aromatic heterocycles. The van der Waals surface area contributed by atoms with Crippen molar-refractivity contribution >= 4 is 22.1 Å². The van der Waals surface area contributed by atoms with Crippen LogP contribution in [-0.4, -0.2) is 9.97 Å². The van der Waals surface area contributed by atoms with Gasteiger partial charge in [-0.05, 0) is 37.2 Å². The Kier molecular flexibility index (Phi) is 1.77. The van der Waals surface area contributed by atoms with Crippen LogP contribution in [0.1, 0.15) is 9.81 Å². The molecule has 20 heavy (non-hydrogen) atoms. The van der Waals surface area contributed by atoms with E-state index in [0.717, 1.165) is 22.0 Å². The summed E-state index contributed by atoms with van der Waals surface area (Å²) in [6.07, 6.45) is 1.72. The van der Waals surface area contributed by atoms with E-state index in [2.05, 4.69) is 9.97 Å². The molecule has 4 rings (SSSR count). The highest BCUT2D eigenvalue weighted by Gasteiger charge is 2.13. The Balaban J connectivity index is 2.01. The lowest BCUT2D eigenvalue weighted by Gasteiger charge is -2.00. The number of aryl methyl sites for hydroxylation is 1. The largest absolute Gasteiger partial charge is 0.437 e. The Morgan fingerprint density at radius 1 is 1.00 bits per heavy atom. The van der Waals surface area contributed by atoms with Crippen LogP contribution in [0.3, 0.4) is 0 Å². The molecule has 0 fully saturated rings. The second-order valence-electron chi connectivity index (χ2n) is 4.55. The van der Waals surface area contributed by atoms with Gasteiger partial charge in [-0.3, -0.25) is 4.98 Å². The van der Waals surface area contributed by atoms with Gasteiger partial charge in [-0.15, -0.1) is 0 Å². The fourth-order valence-corrected chi connectivity index (χ4v) is 2.40. The van der Waals surface area contributed by atoms with E-state index in [4.69, 9.17) is 8.53 Å². The average Bonchev–Trinajstić information content (AvgIpc) is 2.92. The molecule has 0 aliphatic heterocycles. The van der Waals surface area contributed by atoms with Gasteiger partial charge in [-0.1, -0.05) is 18.2 Å². The van der Waals surface area contributed by atoms with Crippen molar-refractivity contribution < 1.29 is 8.53 Å². The summed E-state index contributed by atoms with van der Waals surface area (Å²) in [5.74, 6) is 0. The summed E-state index contributed by atoms with van der Waals surface area (Å²) in [6, 6.07) is 14.7. The number of hydrogen-bond acceptors (Lipinski definition) is 3. The van der Waals surface area contributed by atoms with Crippen LogP contribution in [0.25, 0.3) is 33.3 Å². The highest BCUT2D eigenvalue weighted by molar-refractivity contribution is 6.08. The van der Waals surface area contributed by atoms with Crippen molar-refractivity contribution in [3.63, 3.8) is 0 Å². The third kappa shape index (κ3) is 1.60. The van der Waals surface area contributed by atoms with E-state index >= 15 is 0 Å². The summed E-state index contributed by atoms with van der Waals surface area (Å²) in [5, 5.41) is 1.69. The first-order valence-electron chi connectivity index (χ1n) is 7.78. The quantitative estimate of drug-likeness (QED) is 0.512. The predicted molar refractivity (Wildman–Crippen MR) is 79.5 cm³/mol. The van der Waals surface area contributed by atoms with Crippen LogP contribution in [0.4, 0.5) is 0 Å². The maximum absolute atomic E-state index is 7.48. The molecular weight excluding hydrogens is 248 g/mol. The molecule has 0 aliphatic carbocycles. The van der Waals surface area contributed by atoms with Crippen molar-refractivity contribution in [2.45, 2.75) is 6.85 Å². The Bertz CT molecular complexity index is 1010. The van der Waals surface area contributed by atoms with Crippen LogP contribution in [0, 0.1) is 6.85 Å². The second-order valence-corrected chi connectivity index (χ2v) is 4.55. The molecule has 0 saturated carbocycles. The van der Waals surface area contributed by atoms with Crippen LogP contribution >= 0.6 is 0 Å². The number of pyridine rings is 2. The Hall–Kier alpha value is -2.68. The molecule has 0 saturated heterocycles. The Morgan fingerprint density at radius 2 is 2.00 bits per heavy atom. The third-order valence-electron chi connectivity index (χ3n) is 3.31. The topological polar surface area (TPSA) is 38.9 Å². The molecule has 0 atom stereocenters. The van der Waals surface area contributed by atoms with Crippen LogP contribution in [-0.2, 0) is 0 Å². The van der Waals surface area contributed by atoms with Gasteiger partial charge in [0, 0.05) is 32.3 Å². The number of nitrogens with zero attached hydrogens (tertiary/aromatic N) is 2. The van der Waals surface area contributed by atoms with Crippen molar-refractivity contribution in [3.8, 4) is 11.3 Å². The van der Waals surface area contributed by atoms with E-state index < -0.39 is 6.85 Å². The van der Waals surface area contributed by atoms with Gasteiger partial charge in [0.05, 0.1) is 5.69 Å². The van der Waals surface area contributed by atoms with Gasteiger partial charge in [-0.25, -0.2) is 4.98 Å². The van der Waals surface area contributed by atoms with Gasteiger partial charge < -0.3 is 4.42 Å². The smallest absolute Gasteiger partial charge is 0.227 e. The minimum atomic E-state index is -2.25. The van der Waals surface area contributed by atoms with E-state index in [9.17, 15) is 0 Å². The highest BCUT2D eigenvalue weighted by atomic mass is 16.3. The first-order valence-corrected chi connectivity index (χ1v) is 6.28. The summed E-state index contributed by atoms with van der Waals surface area (Å²) in [7, 11) is 0. The van der Waals surface area contributed by atoms with Crippen LogP contribution in [0.5, 0.6) is 0 Å². The number of para-hydroxylation sites is 1. The van der Waals surface area contributed by atoms with Gasteiger partial charge >= 0.3 is 0 Å². The molecule has 0 aliphatic rings. The van der Waals surface area contributed by atoms with Crippen molar-refractivity contribution in [1.29, 1.82) is 0 Å². The lowest BCUT2D eigenvalue weighted by Crippen LogP contribution is -1.81. The summed E-state index contributed by atoms with van der Waals surface area (Å²) < 4.78 is 28.3. The SMILES string of the molecule is [2H]C([2H])([2H])c1ccc2c(n1)oc1c(-c3ccccn3)cccc12. The third-order valence-corrected chi connectivity index (χ3v) is 3.31. The number of furan rings is 1. The molecule has 96 valence electrons. The number of rotatable bonds is 1. The highest BCUT2D eigenvalue weighted by Crippen LogP contribution is 2.34. The zero-order chi connectivity index (χ0) is 16.0. The Labute approximate surface area is 120 Å². The lowest BCUT2D eigenvalue weighted by atomic mass is 10.1. The molecule has 3 heteroatoms. The van der Waals surface area contributed by atoms with Gasteiger partial charge in [0.15, 0.2) is 0 Å². The molecule has 3 heterocycles. The standard InChI is InChI=1S/C17H12N2O/c1-11-8-9-13-12-5-4-6-14(15-7-2-3-10-18-15)16(12)20-17(13)19-11/h2-10H,1H3/i1D3. The van der Waals surface area contributed by atoms with E-state index in [0.29, 0.717) is 11.3 Å². The fourth-order valence-electron chi connectivity index (χ4n) is 2.40. The predicted octanol–water partition coefficient (Wildman–Crippen LogP) is 4.35. The van der Waals surface area contributed by atoms with E-state index in [-0.39, 0.29) is 5.69 Å². The average molecular weight is 263 g/mol. The minimum absolute atomic E-state index is 0.0310. The molecule has 0 N–H and O–H groups in total. The molecule has 1 aromatic carbocycles. The monoisotopic (exact) mass is 263 g/mol. The van der Waals surface area contributed by atoms with Crippen molar-refractivity contribution in [1.82, 2.24) is 9.97 Å². The van der Waals surface area contributed by atoms with E-state index in [1.54, 1.807) is 12.3 Å². The van der Waals surface area contributed by atoms with Gasteiger partial charge in [0.1, 0.15) is 5.58 Å². The fraction of sp³-hybridized carbons (Fsp3) is 0.0588. The minimum Gasteiger partial charge on any atom is -0.437 e. The van der Waals surface area contributed by atoms with Crippen molar-refractivity contribution in [2.75, 3.05) is 0 Å². The molecular formula is C17H12N2O. The molecule has 0 unspecified atom stereocenters. The molecule has 3 nitrogen and oxygen atoms in total. The zero-order valence-corrected chi connectivity index (χ0v) is 10.5. The first kappa shape index (κ1) is 8.48. The number of fused-ring (bicyclic) bond motifs is 3. The van der Waals surface area contributed by atoms with Gasteiger partial charge in [0.2, 0.25) is 5.71 Å². The maximum Gasteiger partial charge on any atom is 0.227 e. The van der Waals surface area contributed by atoms with Crippen LogP contribution in [0.15, 0.2) is 59.1 Å². The second kappa shape index (κ2) is 4.17. The summed E-state index contributed by atoms with van der Waals surface area (Å²) in [5.41, 5.74) is 2.68. The zero-order valence-electron chi connectivity index (χ0n) is 13.5. The van der Waals surface area contributed by atoms with Gasteiger partial charge in [-0.2, -0.15) is 0 Å². The molecule has 0 radical (unpaired) electrons. The number of benzene rings is 1. The normalized spacial score (nSPS) is 14.1. The lowest BCUT2D eigenvalue weighted by molar-refractivity contribution is 0.653. The maximum atomic E-state index is 7.48. The van der Waals surface area contributed by atoms with Crippen LogP contribution < -0.4 is 0 Å². The number of aromatic nitrogens is 2. The Morgan fingerprint density at radius 3 is 2.85 bits per heavy atom. The molecule has 4 aromatic rings. The van der Waals surface area contributed by atoms with Crippen LogP contribution in [0.2, 0.25) is 0 Å². The van der Waals surface area contributed by atoms with Gasteiger partial charge in [0.25, 0.3) is 0 Å². The number of hydrogen-bond donors (Lipinski definition) is 0. The molecule has 0 amide bonds. The summed E-state index contributed by atoms with van der Waals surface area (Å²) >= 11 is 0.